The number of likely N-dealkylation sites (tertiary alicyclic amines) is 1. The van der Waals surface area contributed by atoms with Crippen LogP contribution in [0.3, 0.4) is 0 Å². The molecule has 1 saturated heterocycles. The molecule has 1 aromatic heterocycles. The molecule has 1 atom stereocenters. The molecule has 0 bridgehead atoms. The first kappa shape index (κ1) is 21.0. The van der Waals surface area contributed by atoms with Gasteiger partial charge in [-0.3, -0.25) is 14.2 Å². The molecule has 9 heteroatoms. The van der Waals surface area contributed by atoms with Crippen LogP contribution in [-0.2, 0) is 21.4 Å². The average molecular weight is 426 g/mol. The lowest BCUT2D eigenvalue weighted by Gasteiger charge is -2.26. The Morgan fingerprint density at radius 2 is 1.96 bits per heavy atom. The summed E-state index contributed by atoms with van der Waals surface area (Å²) in [6.45, 7) is 5.62. The van der Waals surface area contributed by atoms with Crippen molar-refractivity contribution in [3.63, 3.8) is 0 Å². The molecule has 3 rings (SSSR count). The first-order valence-electron chi connectivity index (χ1n) is 9.75. The third-order valence-electron chi connectivity index (χ3n) is 5.18. The van der Waals surface area contributed by atoms with Crippen molar-refractivity contribution in [1.82, 2.24) is 14.2 Å². The minimum absolute atomic E-state index is 0.0721. The van der Waals surface area contributed by atoms with E-state index < -0.39 is 10.0 Å². The summed E-state index contributed by atoms with van der Waals surface area (Å²) < 4.78 is 29.8. The van der Waals surface area contributed by atoms with E-state index in [1.807, 2.05) is 18.7 Å². The third kappa shape index (κ3) is 4.64. The van der Waals surface area contributed by atoms with Crippen molar-refractivity contribution in [2.75, 3.05) is 13.1 Å². The number of fused-ring (bicyclic) bond motifs is 1. The number of aryl methyl sites for hydroxylation is 1. The minimum atomic E-state index is -3.62. The summed E-state index contributed by atoms with van der Waals surface area (Å²) in [5, 5.41) is 0. The fourth-order valence-electron chi connectivity index (χ4n) is 3.35. The molecule has 1 unspecified atom stereocenters. The van der Waals surface area contributed by atoms with E-state index in [1.54, 1.807) is 10.6 Å². The van der Waals surface area contributed by atoms with Crippen LogP contribution < -0.4 is 9.60 Å². The molecule has 0 radical (unpaired) electrons. The number of carbonyl (C=O) groups is 1. The number of hydrogen-bond acceptors (Lipinski definition) is 5. The van der Waals surface area contributed by atoms with Gasteiger partial charge in [0, 0.05) is 32.1 Å². The topological polar surface area (TPSA) is 88.5 Å². The summed E-state index contributed by atoms with van der Waals surface area (Å²) in [5.41, 5.74) is 0.670. The number of piperidine rings is 1. The van der Waals surface area contributed by atoms with Crippen molar-refractivity contribution < 1.29 is 13.2 Å². The number of carbonyl (C=O) groups excluding carboxylic acids is 1. The summed E-state index contributed by atoms with van der Waals surface area (Å²) in [6.07, 6.45) is 4.21. The van der Waals surface area contributed by atoms with Crippen LogP contribution in [0.2, 0.25) is 0 Å². The first-order valence-corrected chi connectivity index (χ1v) is 12.1. The lowest BCUT2D eigenvalue weighted by Crippen LogP contribution is -2.36. The number of nitrogens with one attached hydrogen (secondary N) is 1. The molecule has 0 spiro atoms. The van der Waals surface area contributed by atoms with E-state index >= 15 is 0 Å². The molecule has 1 amide bonds. The molecule has 0 aliphatic carbocycles. The number of aromatic nitrogens is 1. The van der Waals surface area contributed by atoms with Crippen LogP contribution in [-0.4, -0.2) is 42.9 Å². The maximum Gasteiger partial charge on any atom is 0.308 e. The summed E-state index contributed by atoms with van der Waals surface area (Å²) in [6, 6.07) is 4.55. The quantitative estimate of drug-likeness (QED) is 0.738. The second-order valence-electron chi connectivity index (χ2n) is 7.27. The number of thiazole rings is 1. The molecule has 1 N–H and O–H groups in total. The molecule has 1 fully saturated rings. The highest BCUT2D eigenvalue weighted by Crippen LogP contribution is 2.22. The Bertz CT molecular complexity index is 1000. The fraction of sp³-hybridized carbons (Fsp3) is 0.579. The van der Waals surface area contributed by atoms with Gasteiger partial charge in [0.2, 0.25) is 15.9 Å². The van der Waals surface area contributed by atoms with Gasteiger partial charge < -0.3 is 4.90 Å². The highest BCUT2D eigenvalue weighted by Gasteiger charge is 2.20. The summed E-state index contributed by atoms with van der Waals surface area (Å²) in [4.78, 5) is 26.6. The molecule has 7 nitrogen and oxygen atoms in total. The van der Waals surface area contributed by atoms with Crippen molar-refractivity contribution in [3.05, 3.63) is 27.9 Å². The van der Waals surface area contributed by atoms with Crippen LogP contribution in [0, 0.1) is 0 Å². The molecule has 2 aromatic rings. The van der Waals surface area contributed by atoms with Gasteiger partial charge in [0.1, 0.15) is 0 Å². The maximum atomic E-state index is 12.5. The molecular weight excluding hydrogens is 398 g/mol. The van der Waals surface area contributed by atoms with Crippen molar-refractivity contribution in [1.29, 1.82) is 0 Å². The van der Waals surface area contributed by atoms with E-state index in [-0.39, 0.29) is 28.1 Å². The molecule has 1 aromatic carbocycles. The van der Waals surface area contributed by atoms with E-state index in [9.17, 15) is 18.0 Å². The van der Waals surface area contributed by atoms with Gasteiger partial charge in [-0.25, -0.2) is 13.1 Å². The molecule has 1 aliphatic rings. The zero-order chi connectivity index (χ0) is 20.3. The number of hydrogen-bond donors (Lipinski definition) is 1. The van der Waals surface area contributed by atoms with Crippen LogP contribution in [0.25, 0.3) is 10.2 Å². The average Bonchev–Trinajstić information content (AvgIpc) is 3.00. The minimum Gasteiger partial charge on any atom is -0.343 e. The first-order chi connectivity index (χ1) is 13.3. The van der Waals surface area contributed by atoms with Crippen LogP contribution >= 0.6 is 11.3 Å². The third-order valence-corrected chi connectivity index (χ3v) is 7.71. The van der Waals surface area contributed by atoms with Crippen LogP contribution in [0.5, 0.6) is 0 Å². The second kappa shape index (κ2) is 8.75. The van der Waals surface area contributed by atoms with Crippen LogP contribution in [0.15, 0.2) is 27.9 Å². The molecule has 154 valence electrons. The molecule has 28 heavy (non-hydrogen) atoms. The Balaban J connectivity index is 1.78. The zero-order valence-electron chi connectivity index (χ0n) is 16.3. The molecule has 0 saturated carbocycles. The highest BCUT2D eigenvalue weighted by atomic mass is 32.2. The lowest BCUT2D eigenvalue weighted by atomic mass is 10.1. The van der Waals surface area contributed by atoms with Gasteiger partial charge in [-0.05, 0) is 50.8 Å². The predicted octanol–water partition coefficient (Wildman–Crippen LogP) is 2.54. The number of benzene rings is 1. The Morgan fingerprint density at radius 3 is 2.64 bits per heavy atom. The van der Waals surface area contributed by atoms with Gasteiger partial charge >= 0.3 is 4.87 Å². The number of nitrogens with zero attached hydrogens (tertiary/aromatic N) is 2. The van der Waals surface area contributed by atoms with Crippen LogP contribution in [0.4, 0.5) is 0 Å². The normalized spacial score (nSPS) is 16.4. The van der Waals surface area contributed by atoms with Gasteiger partial charge in [0.15, 0.2) is 0 Å². The number of sulfonamides is 1. The number of amides is 1. The van der Waals surface area contributed by atoms with Crippen molar-refractivity contribution >= 4 is 37.5 Å². The second-order valence-corrected chi connectivity index (χ2v) is 9.98. The monoisotopic (exact) mass is 425 g/mol. The standard InChI is InChI=1S/C19H27N3O4S2/c1-3-14(2)20-28(25,26)15-7-8-16-17(13-15)27-19(24)22(16)12-9-18(23)21-10-5-4-6-11-21/h7-8,13-14,20H,3-6,9-12H2,1-2H3. The van der Waals surface area contributed by atoms with E-state index in [0.717, 1.165) is 43.7 Å². The SMILES string of the molecule is CCC(C)NS(=O)(=O)c1ccc2c(c1)sc(=O)n2CCC(=O)N1CCCCC1. The van der Waals surface area contributed by atoms with Crippen LogP contribution in [0.1, 0.15) is 46.0 Å². The van der Waals surface area contributed by atoms with Crippen molar-refractivity contribution in [3.8, 4) is 0 Å². The lowest BCUT2D eigenvalue weighted by molar-refractivity contribution is -0.132. The molecular formula is C19H27N3O4S2. The Morgan fingerprint density at radius 1 is 1.25 bits per heavy atom. The van der Waals surface area contributed by atoms with Crippen molar-refractivity contribution in [2.45, 2.75) is 63.4 Å². The Hall–Kier alpha value is -1.71. The van der Waals surface area contributed by atoms with E-state index in [2.05, 4.69) is 4.72 Å². The number of rotatable bonds is 7. The van der Waals surface area contributed by atoms with Gasteiger partial charge in [-0.15, -0.1) is 0 Å². The van der Waals surface area contributed by atoms with Crippen molar-refractivity contribution in [2.24, 2.45) is 0 Å². The van der Waals surface area contributed by atoms with Gasteiger partial charge in [-0.1, -0.05) is 18.3 Å². The van der Waals surface area contributed by atoms with E-state index in [0.29, 0.717) is 23.2 Å². The Kier molecular flexibility index (Phi) is 6.57. The highest BCUT2D eigenvalue weighted by molar-refractivity contribution is 7.89. The predicted molar refractivity (Wildman–Crippen MR) is 111 cm³/mol. The fourth-order valence-corrected chi connectivity index (χ4v) is 5.73. The maximum absolute atomic E-state index is 12.5. The largest absolute Gasteiger partial charge is 0.343 e. The summed E-state index contributed by atoms with van der Waals surface area (Å²) in [7, 11) is -3.62. The molecule has 1 aliphatic heterocycles. The zero-order valence-corrected chi connectivity index (χ0v) is 17.9. The Labute approximate surface area is 169 Å². The van der Waals surface area contributed by atoms with Gasteiger partial charge in [0.05, 0.1) is 15.1 Å². The summed E-state index contributed by atoms with van der Waals surface area (Å²) >= 11 is 1.01. The summed E-state index contributed by atoms with van der Waals surface area (Å²) in [5.74, 6) is 0.0721. The molecule has 2 heterocycles. The van der Waals surface area contributed by atoms with Gasteiger partial charge in [0.25, 0.3) is 0 Å². The van der Waals surface area contributed by atoms with E-state index in [1.165, 1.54) is 12.1 Å². The van der Waals surface area contributed by atoms with Gasteiger partial charge in [-0.2, -0.15) is 0 Å². The smallest absolute Gasteiger partial charge is 0.308 e. The van der Waals surface area contributed by atoms with E-state index in [4.69, 9.17) is 0 Å².